The lowest BCUT2D eigenvalue weighted by atomic mass is 10.1. The van der Waals surface area contributed by atoms with Crippen molar-refractivity contribution in [2.24, 2.45) is 0 Å². The van der Waals surface area contributed by atoms with Crippen LogP contribution in [0.25, 0.3) is 6.08 Å². The summed E-state index contributed by atoms with van der Waals surface area (Å²) >= 11 is 3.23. The number of halogens is 1. The Morgan fingerprint density at radius 2 is 2.05 bits per heavy atom. The van der Waals surface area contributed by atoms with Crippen molar-refractivity contribution in [2.45, 2.75) is 26.4 Å². The van der Waals surface area contributed by atoms with Crippen LogP contribution >= 0.6 is 15.9 Å². The van der Waals surface area contributed by atoms with E-state index >= 15 is 0 Å². The molecule has 0 spiro atoms. The molecule has 0 aromatic heterocycles. The highest BCUT2D eigenvalue weighted by molar-refractivity contribution is 9.10. The number of hydrogen-bond acceptors (Lipinski definition) is 3. The summed E-state index contributed by atoms with van der Waals surface area (Å²) in [6.07, 6.45) is 2.80. The maximum atomic E-state index is 11.4. The minimum atomic E-state index is -1.00. The number of alkyl carbamates (subject to hydrolysis) is 1. The number of hydrogen-bond donors (Lipinski definition) is 2. The Kier molecular flexibility index (Phi) is 5.96. The van der Waals surface area contributed by atoms with Crippen LogP contribution in [-0.4, -0.2) is 29.3 Å². The Balaban J connectivity index is 2.62. The van der Waals surface area contributed by atoms with Gasteiger partial charge in [-0.3, -0.25) is 0 Å². The number of ether oxygens (including phenoxy) is 1. The second kappa shape index (κ2) is 7.26. The first-order valence-electron chi connectivity index (χ1n) is 6.35. The van der Waals surface area contributed by atoms with Crippen molar-refractivity contribution in [3.05, 3.63) is 39.9 Å². The van der Waals surface area contributed by atoms with Gasteiger partial charge in [-0.2, -0.15) is 0 Å². The third-order valence-corrected chi connectivity index (χ3v) is 2.80. The van der Waals surface area contributed by atoms with Gasteiger partial charge in [-0.15, -0.1) is 0 Å². The molecular weight excluding hydrogens is 338 g/mol. The molecule has 1 rings (SSSR count). The first kappa shape index (κ1) is 17.2. The quantitative estimate of drug-likeness (QED) is 0.863. The number of aromatic carboxylic acids is 1. The van der Waals surface area contributed by atoms with E-state index in [9.17, 15) is 9.59 Å². The van der Waals surface area contributed by atoms with Crippen molar-refractivity contribution in [1.82, 2.24) is 5.32 Å². The fourth-order valence-electron chi connectivity index (χ4n) is 1.50. The molecule has 0 aliphatic rings. The number of amides is 1. The average Bonchev–Trinajstić information content (AvgIpc) is 2.33. The normalized spacial score (nSPS) is 11.4. The van der Waals surface area contributed by atoms with Gasteiger partial charge in [-0.25, -0.2) is 9.59 Å². The van der Waals surface area contributed by atoms with Crippen LogP contribution in [0, 0.1) is 0 Å². The third-order valence-electron chi connectivity index (χ3n) is 2.31. The molecule has 0 saturated heterocycles. The van der Waals surface area contributed by atoms with Gasteiger partial charge in [0.1, 0.15) is 5.60 Å². The molecule has 0 aliphatic carbocycles. The third kappa shape index (κ3) is 6.44. The Bertz CT molecular complexity index is 561. The largest absolute Gasteiger partial charge is 0.478 e. The lowest BCUT2D eigenvalue weighted by Gasteiger charge is -2.19. The average molecular weight is 356 g/mol. The van der Waals surface area contributed by atoms with Crippen molar-refractivity contribution >= 4 is 34.1 Å². The van der Waals surface area contributed by atoms with E-state index in [0.717, 1.165) is 0 Å². The van der Waals surface area contributed by atoms with E-state index in [2.05, 4.69) is 21.2 Å². The molecule has 1 aromatic carbocycles. The maximum Gasteiger partial charge on any atom is 0.407 e. The SMILES string of the molecule is CC(C)(C)OC(=O)NCC=Cc1ccc(Br)cc1C(=O)O. The zero-order chi connectivity index (χ0) is 16.0. The van der Waals surface area contributed by atoms with Crippen LogP contribution in [0.5, 0.6) is 0 Å². The minimum absolute atomic E-state index is 0.192. The van der Waals surface area contributed by atoms with E-state index in [4.69, 9.17) is 9.84 Å². The number of rotatable bonds is 4. The van der Waals surface area contributed by atoms with Crippen molar-refractivity contribution < 1.29 is 19.4 Å². The molecular formula is C15H18BrNO4. The van der Waals surface area contributed by atoms with Crippen LogP contribution in [0.2, 0.25) is 0 Å². The number of nitrogens with one attached hydrogen (secondary N) is 1. The van der Waals surface area contributed by atoms with E-state index in [-0.39, 0.29) is 12.1 Å². The molecule has 0 aliphatic heterocycles. The topological polar surface area (TPSA) is 75.6 Å². The van der Waals surface area contributed by atoms with E-state index in [1.165, 1.54) is 6.07 Å². The summed E-state index contributed by atoms with van der Waals surface area (Å²) in [5.41, 5.74) is 0.213. The molecule has 2 N–H and O–H groups in total. The summed E-state index contributed by atoms with van der Waals surface area (Å²) in [7, 11) is 0. The molecule has 1 aromatic rings. The van der Waals surface area contributed by atoms with Gasteiger partial charge in [0.2, 0.25) is 0 Å². The Hall–Kier alpha value is -1.82. The van der Waals surface area contributed by atoms with Gasteiger partial charge in [0.25, 0.3) is 0 Å². The summed E-state index contributed by atoms with van der Waals surface area (Å²) < 4.78 is 5.78. The number of carboxylic acids is 1. The Labute approximate surface area is 132 Å². The van der Waals surface area contributed by atoms with Crippen molar-refractivity contribution in [2.75, 3.05) is 6.54 Å². The Morgan fingerprint density at radius 3 is 2.62 bits per heavy atom. The van der Waals surface area contributed by atoms with Crippen LogP contribution in [-0.2, 0) is 4.74 Å². The standard InChI is InChI=1S/C15H18BrNO4/c1-15(2,3)21-14(20)17-8-4-5-10-6-7-11(16)9-12(10)13(18)19/h4-7,9H,8H2,1-3H3,(H,17,20)(H,18,19). The maximum absolute atomic E-state index is 11.4. The molecule has 0 saturated carbocycles. The van der Waals surface area contributed by atoms with Crippen LogP contribution in [0.15, 0.2) is 28.7 Å². The molecule has 0 unspecified atom stereocenters. The van der Waals surface area contributed by atoms with E-state index in [1.54, 1.807) is 45.1 Å². The highest BCUT2D eigenvalue weighted by Crippen LogP contribution is 2.18. The van der Waals surface area contributed by atoms with Crippen LogP contribution < -0.4 is 5.32 Å². The second-order valence-corrected chi connectivity index (χ2v) is 6.24. The number of benzene rings is 1. The zero-order valence-corrected chi connectivity index (χ0v) is 13.7. The highest BCUT2D eigenvalue weighted by Gasteiger charge is 2.15. The molecule has 114 valence electrons. The van der Waals surface area contributed by atoms with Crippen molar-refractivity contribution in [3.63, 3.8) is 0 Å². The van der Waals surface area contributed by atoms with Crippen LogP contribution in [0.1, 0.15) is 36.7 Å². The number of carbonyl (C=O) groups is 2. The molecule has 1 amide bonds. The summed E-state index contributed by atoms with van der Waals surface area (Å²) in [4.78, 5) is 22.5. The van der Waals surface area contributed by atoms with E-state index < -0.39 is 17.7 Å². The van der Waals surface area contributed by atoms with Gasteiger partial charge in [0.05, 0.1) is 5.56 Å². The molecule has 0 radical (unpaired) electrons. The summed E-state index contributed by atoms with van der Waals surface area (Å²) in [5.74, 6) is -1.00. The van der Waals surface area contributed by atoms with Crippen molar-refractivity contribution in [1.29, 1.82) is 0 Å². The molecule has 0 bridgehead atoms. The van der Waals surface area contributed by atoms with Gasteiger partial charge in [0, 0.05) is 11.0 Å². The molecule has 21 heavy (non-hydrogen) atoms. The predicted octanol–water partition coefficient (Wildman–Crippen LogP) is 3.69. The summed E-state index contributed by atoms with van der Waals surface area (Å²) in [5, 5.41) is 11.7. The monoisotopic (exact) mass is 355 g/mol. The minimum Gasteiger partial charge on any atom is -0.478 e. The van der Waals surface area contributed by atoms with Gasteiger partial charge in [-0.05, 0) is 38.5 Å². The lowest BCUT2D eigenvalue weighted by Crippen LogP contribution is -2.32. The Morgan fingerprint density at radius 1 is 1.38 bits per heavy atom. The van der Waals surface area contributed by atoms with E-state index in [0.29, 0.717) is 10.0 Å². The van der Waals surface area contributed by atoms with Crippen LogP contribution in [0.4, 0.5) is 4.79 Å². The fraction of sp³-hybridized carbons (Fsp3) is 0.333. The number of carbonyl (C=O) groups excluding carboxylic acids is 1. The van der Waals surface area contributed by atoms with Gasteiger partial charge < -0.3 is 15.2 Å². The summed E-state index contributed by atoms with van der Waals surface area (Å²) in [6, 6.07) is 4.98. The lowest BCUT2D eigenvalue weighted by molar-refractivity contribution is 0.0533. The molecule has 6 heteroatoms. The highest BCUT2D eigenvalue weighted by atomic mass is 79.9. The smallest absolute Gasteiger partial charge is 0.407 e. The first-order chi connectivity index (χ1) is 9.69. The van der Waals surface area contributed by atoms with Crippen LogP contribution in [0.3, 0.4) is 0 Å². The fourth-order valence-corrected chi connectivity index (χ4v) is 1.86. The number of carboxylic acid groups (broad SMARTS) is 1. The molecule has 0 atom stereocenters. The molecule has 5 nitrogen and oxygen atoms in total. The van der Waals surface area contributed by atoms with Gasteiger partial charge in [0.15, 0.2) is 0 Å². The van der Waals surface area contributed by atoms with Gasteiger partial charge in [-0.1, -0.05) is 34.1 Å². The van der Waals surface area contributed by atoms with Crippen molar-refractivity contribution in [3.8, 4) is 0 Å². The molecule has 0 fully saturated rings. The zero-order valence-electron chi connectivity index (χ0n) is 12.1. The van der Waals surface area contributed by atoms with Gasteiger partial charge >= 0.3 is 12.1 Å². The molecule has 0 heterocycles. The first-order valence-corrected chi connectivity index (χ1v) is 7.14. The predicted molar refractivity (Wildman–Crippen MR) is 84.4 cm³/mol. The second-order valence-electron chi connectivity index (χ2n) is 5.32. The summed E-state index contributed by atoms with van der Waals surface area (Å²) in [6.45, 7) is 5.60. The van der Waals surface area contributed by atoms with E-state index in [1.807, 2.05) is 0 Å².